The van der Waals surface area contributed by atoms with Crippen molar-refractivity contribution in [2.24, 2.45) is 0 Å². The van der Waals surface area contributed by atoms with Crippen molar-refractivity contribution in [2.75, 3.05) is 0 Å². The van der Waals surface area contributed by atoms with Crippen LogP contribution in [-0.2, 0) is 0 Å². The van der Waals surface area contributed by atoms with Crippen molar-refractivity contribution >= 4 is 16.8 Å². The fourth-order valence-electron chi connectivity index (χ4n) is 3.57. The largest absolute Gasteiger partial charge is 0.0764 e. The molecule has 1 aliphatic carbocycles. The summed E-state index contributed by atoms with van der Waals surface area (Å²) in [6.07, 6.45) is 5.85. The Bertz CT molecular complexity index is 827. The van der Waals surface area contributed by atoms with Crippen molar-refractivity contribution in [3.8, 4) is 0 Å². The monoisotopic (exact) mass is 284 g/mol. The van der Waals surface area contributed by atoms with Crippen LogP contribution in [0.4, 0.5) is 0 Å². The van der Waals surface area contributed by atoms with Crippen LogP contribution in [0.25, 0.3) is 16.8 Å². The third-order valence-electron chi connectivity index (χ3n) is 4.84. The predicted octanol–water partition coefficient (Wildman–Crippen LogP) is 6.14. The van der Waals surface area contributed by atoms with Gasteiger partial charge in [0.25, 0.3) is 0 Å². The van der Waals surface area contributed by atoms with Gasteiger partial charge in [0.2, 0.25) is 0 Å². The Morgan fingerprint density at radius 1 is 0.864 bits per heavy atom. The SMILES string of the molecule is CC(CC1C=Cc2cc3ccccc3cc21)c1ccccc1. The van der Waals surface area contributed by atoms with Gasteiger partial charge in [-0.2, -0.15) is 0 Å². The molecule has 0 radical (unpaired) electrons. The molecule has 2 atom stereocenters. The van der Waals surface area contributed by atoms with Crippen molar-refractivity contribution in [3.05, 3.63) is 89.5 Å². The number of hydrogen-bond donors (Lipinski definition) is 0. The lowest BCUT2D eigenvalue weighted by Crippen LogP contribution is -2.01. The Morgan fingerprint density at radius 2 is 1.55 bits per heavy atom. The zero-order valence-electron chi connectivity index (χ0n) is 12.9. The maximum atomic E-state index is 2.38. The van der Waals surface area contributed by atoms with Crippen molar-refractivity contribution in [1.82, 2.24) is 0 Å². The Kier molecular flexibility index (Phi) is 3.31. The van der Waals surface area contributed by atoms with Crippen LogP contribution in [0.3, 0.4) is 0 Å². The van der Waals surface area contributed by atoms with E-state index < -0.39 is 0 Å². The molecule has 108 valence electrons. The van der Waals surface area contributed by atoms with Crippen LogP contribution in [0.15, 0.2) is 72.8 Å². The van der Waals surface area contributed by atoms with Crippen molar-refractivity contribution in [2.45, 2.75) is 25.2 Å². The van der Waals surface area contributed by atoms with Gasteiger partial charge in [-0.1, -0.05) is 73.7 Å². The van der Waals surface area contributed by atoms with E-state index in [0.717, 1.165) is 0 Å². The summed E-state index contributed by atoms with van der Waals surface area (Å²) in [7, 11) is 0. The summed E-state index contributed by atoms with van der Waals surface area (Å²) in [5.74, 6) is 1.11. The summed E-state index contributed by atoms with van der Waals surface area (Å²) in [6, 6.07) is 24.2. The van der Waals surface area contributed by atoms with Gasteiger partial charge in [0.05, 0.1) is 0 Å². The van der Waals surface area contributed by atoms with Gasteiger partial charge in [-0.25, -0.2) is 0 Å². The highest BCUT2D eigenvalue weighted by Gasteiger charge is 2.20. The van der Waals surface area contributed by atoms with E-state index in [1.807, 2.05) is 0 Å². The first-order valence-electron chi connectivity index (χ1n) is 8.07. The number of rotatable bonds is 3. The fourth-order valence-corrected chi connectivity index (χ4v) is 3.57. The maximum absolute atomic E-state index is 2.38. The van der Waals surface area contributed by atoms with Gasteiger partial charge in [0.15, 0.2) is 0 Å². The first-order valence-corrected chi connectivity index (χ1v) is 8.07. The van der Waals surface area contributed by atoms with Crippen LogP contribution in [0, 0.1) is 0 Å². The Hall–Kier alpha value is -2.34. The third kappa shape index (κ3) is 2.35. The predicted molar refractivity (Wildman–Crippen MR) is 95.2 cm³/mol. The molecule has 0 heterocycles. The highest BCUT2D eigenvalue weighted by atomic mass is 14.2. The Morgan fingerprint density at radius 3 is 2.32 bits per heavy atom. The van der Waals surface area contributed by atoms with E-state index in [2.05, 4.69) is 85.8 Å². The normalized spacial score (nSPS) is 17.6. The Labute approximate surface area is 132 Å². The molecule has 3 aromatic rings. The molecule has 0 heteroatoms. The highest BCUT2D eigenvalue weighted by molar-refractivity contribution is 5.87. The molecule has 0 amide bonds. The second-order valence-electron chi connectivity index (χ2n) is 6.34. The summed E-state index contributed by atoms with van der Waals surface area (Å²) in [5, 5.41) is 2.69. The molecule has 3 aromatic carbocycles. The minimum absolute atomic E-state index is 0.537. The standard InChI is InChI=1S/C22H20/c1-16(17-7-3-2-4-8-17)13-20-11-12-21-14-18-9-5-6-10-19(18)15-22(20)21/h2-12,14-16,20H,13H2,1H3. The quantitative estimate of drug-likeness (QED) is 0.541. The van der Waals surface area contributed by atoms with Gasteiger partial charge in [-0.3, -0.25) is 0 Å². The molecule has 0 aromatic heterocycles. The minimum atomic E-state index is 0.537. The molecule has 0 nitrogen and oxygen atoms in total. The van der Waals surface area contributed by atoms with Crippen LogP contribution in [0.2, 0.25) is 0 Å². The first-order chi connectivity index (χ1) is 10.8. The lowest BCUT2D eigenvalue weighted by molar-refractivity contribution is 0.634. The molecule has 0 bridgehead atoms. The van der Waals surface area contributed by atoms with Crippen molar-refractivity contribution in [1.29, 1.82) is 0 Å². The molecule has 0 fully saturated rings. The maximum Gasteiger partial charge on any atom is 0.00331 e. The van der Waals surface area contributed by atoms with E-state index in [4.69, 9.17) is 0 Å². The summed E-state index contributed by atoms with van der Waals surface area (Å²) in [6.45, 7) is 2.34. The first kappa shape index (κ1) is 13.3. The van der Waals surface area contributed by atoms with Gasteiger partial charge in [0, 0.05) is 5.92 Å². The molecule has 0 saturated heterocycles. The molecule has 2 unspecified atom stereocenters. The smallest absolute Gasteiger partial charge is 0.00331 e. The van der Waals surface area contributed by atoms with Gasteiger partial charge in [-0.05, 0) is 51.9 Å². The zero-order chi connectivity index (χ0) is 14.9. The summed E-state index contributed by atoms with van der Waals surface area (Å²) in [4.78, 5) is 0. The lowest BCUT2D eigenvalue weighted by atomic mass is 9.86. The lowest BCUT2D eigenvalue weighted by Gasteiger charge is -2.18. The van der Waals surface area contributed by atoms with E-state index >= 15 is 0 Å². The van der Waals surface area contributed by atoms with Gasteiger partial charge in [0.1, 0.15) is 0 Å². The van der Waals surface area contributed by atoms with Crippen LogP contribution >= 0.6 is 0 Å². The molecule has 22 heavy (non-hydrogen) atoms. The topological polar surface area (TPSA) is 0 Å². The van der Waals surface area contributed by atoms with Gasteiger partial charge < -0.3 is 0 Å². The molecule has 4 rings (SSSR count). The van der Waals surface area contributed by atoms with E-state index in [0.29, 0.717) is 11.8 Å². The van der Waals surface area contributed by atoms with E-state index in [9.17, 15) is 0 Å². The van der Waals surface area contributed by atoms with Crippen LogP contribution < -0.4 is 0 Å². The molecular weight excluding hydrogens is 264 g/mol. The molecule has 1 aliphatic rings. The number of hydrogen-bond acceptors (Lipinski definition) is 0. The van der Waals surface area contributed by atoms with Gasteiger partial charge >= 0.3 is 0 Å². The van der Waals surface area contributed by atoms with Crippen LogP contribution in [0.1, 0.15) is 41.9 Å². The van der Waals surface area contributed by atoms with E-state index in [1.165, 1.54) is 33.9 Å². The minimum Gasteiger partial charge on any atom is -0.0764 e. The van der Waals surface area contributed by atoms with E-state index in [1.54, 1.807) is 0 Å². The Balaban J connectivity index is 1.64. The number of allylic oxidation sites excluding steroid dienone is 1. The summed E-state index contributed by atoms with van der Waals surface area (Å²) >= 11 is 0. The van der Waals surface area contributed by atoms with Crippen molar-refractivity contribution in [3.63, 3.8) is 0 Å². The zero-order valence-corrected chi connectivity index (χ0v) is 12.9. The van der Waals surface area contributed by atoms with E-state index in [-0.39, 0.29) is 0 Å². The molecule has 0 N–H and O–H groups in total. The number of fused-ring (bicyclic) bond motifs is 2. The molecule has 0 saturated carbocycles. The average Bonchev–Trinajstić information content (AvgIpc) is 2.95. The summed E-state index contributed by atoms with van der Waals surface area (Å²) in [5.41, 5.74) is 4.32. The summed E-state index contributed by atoms with van der Waals surface area (Å²) < 4.78 is 0. The average molecular weight is 284 g/mol. The molecular formula is C22H20. The number of benzene rings is 3. The third-order valence-corrected chi connectivity index (χ3v) is 4.84. The highest BCUT2D eigenvalue weighted by Crippen LogP contribution is 2.39. The van der Waals surface area contributed by atoms with Crippen LogP contribution in [-0.4, -0.2) is 0 Å². The molecule has 0 spiro atoms. The fraction of sp³-hybridized carbons (Fsp3) is 0.182. The molecule has 0 aliphatic heterocycles. The second kappa shape index (κ2) is 5.46. The van der Waals surface area contributed by atoms with Gasteiger partial charge in [-0.15, -0.1) is 0 Å². The van der Waals surface area contributed by atoms with Crippen LogP contribution in [0.5, 0.6) is 0 Å². The van der Waals surface area contributed by atoms with Crippen molar-refractivity contribution < 1.29 is 0 Å². The second-order valence-corrected chi connectivity index (χ2v) is 6.34.